The van der Waals surface area contributed by atoms with Crippen LogP contribution in [0.25, 0.3) is 11.0 Å². The molecule has 0 aliphatic heterocycles. The zero-order chi connectivity index (χ0) is 16.7. The highest BCUT2D eigenvalue weighted by Crippen LogP contribution is 2.41. The summed E-state index contributed by atoms with van der Waals surface area (Å²) in [7, 11) is 0. The Bertz CT molecular complexity index is 873. The first kappa shape index (κ1) is 15.2. The number of hydrogen-bond acceptors (Lipinski definition) is 4. The van der Waals surface area contributed by atoms with E-state index in [2.05, 4.69) is 20.3 Å². The van der Waals surface area contributed by atoms with E-state index in [1.807, 2.05) is 5.38 Å². The fourth-order valence-electron chi connectivity index (χ4n) is 2.70. The SMILES string of the molecule is O=C(N[C@H](c1nccs1)C1CC1)c1ccc2nc(C(F)F)[nH]c2c1. The predicted octanol–water partition coefficient (Wildman–Crippen LogP) is 3.84. The van der Waals surface area contributed by atoms with E-state index in [1.54, 1.807) is 24.4 Å². The van der Waals surface area contributed by atoms with Crippen LogP contribution in [0.1, 0.15) is 46.5 Å². The normalized spacial score (nSPS) is 15.8. The van der Waals surface area contributed by atoms with E-state index in [9.17, 15) is 13.6 Å². The number of thiazole rings is 1. The van der Waals surface area contributed by atoms with Crippen molar-refractivity contribution in [2.24, 2.45) is 5.92 Å². The zero-order valence-corrected chi connectivity index (χ0v) is 13.3. The van der Waals surface area contributed by atoms with Crippen molar-refractivity contribution in [2.45, 2.75) is 25.3 Å². The summed E-state index contributed by atoms with van der Waals surface area (Å²) >= 11 is 1.52. The van der Waals surface area contributed by atoms with Crippen LogP contribution in [0.5, 0.6) is 0 Å². The molecule has 0 unspecified atom stereocenters. The van der Waals surface area contributed by atoms with Gasteiger partial charge in [-0.25, -0.2) is 18.7 Å². The Balaban J connectivity index is 1.58. The smallest absolute Gasteiger partial charge is 0.295 e. The summed E-state index contributed by atoms with van der Waals surface area (Å²) in [5.41, 5.74) is 1.25. The van der Waals surface area contributed by atoms with Crippen molar-refractivity contribution in [3.63, 3.8) is 0 Å². The van der Waals surface area contributed by atoms with Crippen LogP contribution < -0.4 is 5.32 Å². The quantitative estimate of drug-likeness (QED) is 0.736. The molecule has 2 N–H and O–H groups in total. The predicted molar refractivity (Wildman–Crippen MR) is 86.1 cm³/mol. The molecule has 0 saturated heterocycles. The molecule has 2 aromatic heterocycles. The van der Waals surface area contributed by atoms with Gasteiger partial charge in [-0.2, -0.15) is 0 Å². The number of benzene rings is 1. The number of nitrogens with zero attached hydrogens (tertiary/aromatic N) is 2. The van der Waals surface area contributed by atoms with Crippen molar-refractivity contribution >= 4 is 28.3 Å². The lowest BCUT2D eigenvalue weighted by Gasteiger charge is -2.15. The molecular weight excluding hydrogens is 334 g/mol. The number of fused-ring (bicyclic) bond motifs is 1. The van der Waals surface area contributed by atoms with Gasteiger partial charge in [0.1, 0.15) is 5.01 Å². The van der Waals surface area contributed by atoms with Crippen LogP contribution in [0.4, 0.5) is 8.78 Å². The maximum atomic E-state index is 12.7. The number of aromatic amines is 1. The number of halogens is 2. The number of nitrogens with one attached hydrogen (secondary N) is 2. The van der Waals surface area contributed by atoms with Crippen molar-refractivity contribution in [3.8, 4) is 0 Å². The van der Waals surface area contributed by atoms with Gasteiger partial charge in [-0.15, -0.1) is 11.3 Å². The minimum Gasteiger partial charge on any atom is -0.343 e. The molecule has 1 amide bonds. The molecule has 1 aromatic carbocycles. The molecule has 4 rings (SSSR count). The van der Waals surface area contributed by atoms with Crippen LogP contribution in [0.2, 0.25) is 0 Å². The summed E-state index contributed by atoms with van der Waals surface area (Å²) < 4.78 is 25.4. The molecule has 1 fully saturated rings. The average molecular weight is 348 g/mol. The fourth-order valence-corrected chi connectivity index (χ4v) is 3.48. The first-order chi connectivity index (χ1) is 11.6. The molecule has 1 aliphatic carbocycles. The second kappa shape index (κ2) is 5.94. The molecule has 1 aliphatic rings. The fraction of sp³-hybridized carbons (Fsp3) is 0.312. The summed E-state index contributed by atoms with van der Waals surface area (Å²) in [5, 5.41) is 5.80. The minimum atomic E-state index is -2.67. The maximum absolute atomic E-state index is 12.7. The van der Waals surface area contributed by atoms with Gasteiger partial charge in [0.15, 0.2) is 5.82 Å². The number of carbonyl (C=O) groups is 1. The van der Waals surface area contributed by atoms with Crippen LogP contribution in [0.3, 0.4) is 0 Å². The van der Waals surface area contributed by atoms with Crippen LogP contribution in [-0.4, -0.2) is 20.9 Å². The minimum absolute atomic E-state index is 0.0911. The molecule has 0 bridgehead atoms. The number of amides is 1. The maximum Gasteiger partial charge on any atom is 0.295 e. The van der Waals surface area contributed by atoms with Gasteiger partial charge in [-0.1, -0.05) is 0 Å². The van der Waals surface area contributed by atoms with Gasteiger partial charge < -0.3 is 10.3 Å². The van der Waals surface area contributed by atoms with Crippen molar-refractivity contribution < 1.29 is 13.6 Å². The molecule has 3 aromatic rings. The van der Waals surface area contributed by atoms with Gasteiger partial charge >= 0.3 is 0 Å². The van der Waals surface area contributed by atoms with E-state index in [1.165, 1.54) is 11.3 Å². The molecule has 2 heterocycles. The first-order valence-corrected chi connectivity index (χ1v) is 8.48. The standard InChI is InChI=1S/C16H14F2N4OS/c17-13(18)14-20-10-4-3-9(7-11(10)21-14)15(23)22-12(8-1-2-8)16-19-5-6-24-16/h3-8,12-13H,1-2H2,(H,20,21)(H,22,23)/t12-/m0/s1. The number of alkyl halides is 2. The monoisotopic (exact) mass is 348 g/mol. The van der Waals surface area contributed by atoms with E-state index < -0.39 is 6.43 Å². The number of carbonyl (C=O) groups excluding carboxylic acids is 1. The zero-order valence-electron chi connectivity index (χ0n) is 12.5. The van der Waals surface area contributed by atoms with Gasteiger partial charge in [0, 0.05) is 17.1 Å². The number of H-pyrrole nitrogens is 1. The highest BCUT2D eigenvalue weighted by Gasteiger charge is 2.35. The Morgan fingerprint density at radius 2 is 2.21 bits per heavy atom. The van der Waals surface area contributed by atoms with Gasteiger partial charge in [0.25, 0.3) is 12.3 Å². The highest BCUT2D eigenvalue weighted by atomic mass is 32.1. The second-order valence-electron chi connectivity index (χ2n) is 5.81. The van der Waals surface area contributed by atoms with Crippen molar-refractivity contribution in [1.82, 2.24) is 20.3 Å². The molecule has 1 saturated carbocycles. The van der Waals surface area contributed by atoms with Crippen LogP contribution in [0, 0.1) is 5.92 Å². The average Bonchev–Trinajstić information content (AvgIpc) is 3.10. The Morgan fingerprint density at radius 3 is 2.88 bits per heavy atom. The third-order valence-corrected chi connectivity index (χ3v) is 4.93. The molecule has 5 nitrogen and oxygen atoms in total. The molecule has 1 atom stereocenters. The van der Waals surface area contributed by atoms with E-state index >= 15 is 0 Å². The topological polar surface area (TPSA) is 70.7 Å². The van der Waals surface area contributed by atoms with E-state index in [4.69, 9.17) is 0 Å². The third-order valence-electron chi connectivity index (χ3n) is 4.07. The summed E-state index contributed by atoms with van der Waals surface area (Å²) in [4.78, 5) is 23.2. The molecule has 124 valence electrons. The molecule has 8 heteroatoms. The lowest BCUT2D eigenvalue weighted by Crippen LogP contribution is -2.29. The van der Waals surface area contributed by atoms with Crippen LogP contribution >= 0.6 is 11.3 Å². The summed E-state index contributed by atoms with van der Waals surface area (Å²) in [6.07, 6.45) is 1.20. The number of aromatic nitrogens is 3. The number of imidazole rings is 1. The van der Waals surface area contributed by atoms with Crippen LogP contribution in [-0.2, 0) is 0 Å². The molecular formula is C16H14F2N4OS. The van der Waals surface area contributed by atoms with Gasteiger partial charge in [-0.3, -0.25) is 4.79 Å². The lowest BCUT2D eigenvalue weighted by molar-refractivity contribution is 0.0931. The Labute approximate surface area is 140 Å². The van der Waals surface area contributed by atoms with Crippen molar-refractivity contribution in [2.75, 3.05) is 0 Å². The van der Waals surface area contributed by atoms with Gasteiger partial charge in [-0.05, 0) is 37.0 Å². The Morgan fingerprint density at radius 1 is 1.38 bits per heavy atom. The largest absolute Gasteiger partial charge is 0.343 e. The van der Waals surface area contributed by atoms with Gasteiger partial charge in [0.05, 0.1) is 17.1 Å². The second-order valence-corrected chi connectivity index (χ2v) is 6.74. The molecule has 24 heavy (non-hydrogen) atoms. The summed E-state index contributed by atoms with van der Waals surface area (Å²) in [6.45, 7) is 0. The third kappa shape index (κ3) is 2.89. The Kier molecular flexibility index (Phi) is 3.76. The van der Waals surface area contributed by atoms with E-state index in [-0.39, 0.29) is 17.8 Å². The number of rotatable bonds is 5. The lowest BCUT2D eigenvalue weighted by atomic mass is 10.1. The van der Waals surface area contributed by atoms with Gasteiger partial charge in [0.2, 0.25) is 0 Å². The summed E-state index contributed by atoms with van der Waals surface area (Å²) in [6, 6.07) is 4.63. The van der Waals surface area contributed by atoms with Crippen molar-refractivity contribution in [3.05, 3.63) is 46.2 Å². The summed E-state index contributed by atoms with van der Waals surface area (Å²) in [5.74, 6) is -0.209. The molecule has 0 radical (unpaired) electrons. The van der Waals surface area contributed by atoms with E-state index in [0.717, 1.165) is 17.8 Å². The van der Waals surface area contributed by atoms with Crippen LogP contribution in [0.15, 0.2) is 29.8 Å². The highest BCUT2D eigenvalue weighted by molar-refractivity contribution is 7.09. The number of hydrogen-bond donors (Lipinski definition) is 2. The van der Waals surface area contributed by atoms with Crippen molar-refractivity contribution in [1.29, 1.82) is 0 Å². The first-order valence-electron chi connectivity index (χ1n) is 7.60. The molecule has 0 spiro atoms. The van der Waals surface area contributed by atoms with E-state index in [0.29, 0.717) is 22.5 Å². The Hall–Kier alpha value is -2.35.